The zero-order valence-corrected chi connectivity index (χ0v) is 14.2. The lowest BCUT2D eigenvalue weighted by atomic mass is 10.2. The van der Waals surface area contributed by atoms with Crippen LogP contribution in [0.1, 0.15) is 25.2 Å². The van der Waals surface area contributed by atoms with Gasteiger partial charge in [0.25, 0.3) is 0 Å². The lowest BCUT2D eigenvalue weighted by molar-refractivity contribution is 0.318. The maximum Gasteiger partial charge on any atom is 0.174 e. The SMILES string of the molecule is CCSc1cccc(Sc2nc(CC)ns2)c1/C(N)=N/O. The molecule has 0 aliphatic rings. The zero-order valence-electron chi connectivity index (χ0n) is 11.7. The normalized spacial score (nSPS) is 11.8. The number of nitrogens with two attached hydrogens (primary N) is 1. The molecule has 0 bridgehead atoms. The molecule has 0 radical (unpaired) electrons. The largest absolute Gasteiger partial charge is 0.409 e. The Morgan fingerprint density at radius 3 is 2.76 bits per heavy atom. The number of nitrogens with zero attached hydrogens (tertiary/aromatic N) is 3. The van der Waals surface area contributed by atoms with Crippen molar-refractivity contribution in [1.29, 1.82) is 0 Å². The Bertz CT molecular complexity index is 642. The van der Waals surface area contributed by atoms with Gasteiger partial charge in [0.15, 0.2) is 10.2 Å². The number of oxime groups is 1. The van der Waals surface area contributed by atoms with E-state index in [1.165, 1.54) is 23.3 Å². The van der Waals surface area contributed by atoms with E-state index < -0.39 is 0 Å². The molecule has 0 unspecified atom stereocenters. The lowest BCUT2D eigenvalue weighted by Gasteiger charge is -2.11. The van der Waals surface area contributed by atoms with Crippen LogP contribution >= 0.6 is 35.1 Å². The van der Waals surface area contributed by atoms with E-state index in [2.05, 4.69) is 21.4 Å². The summed E-state index contributed by atoms with van der Waals surface area (Å²) in [5, 5.41) is 12.2. The molecule has 0 aliphatic carbocycles. The van der Waals surface area contributed by atoms with Crippen molar-refractivity contribution in [2.75, 3.05) is 5.75 Å². The van der Waals surface area contributed by atoms with Gasteiger partial charge in [-0.05, 0) is 29.4 Å². The Morgan fingerprint density at radius 2 is 2.14 bits per heavy atom. The lowest BCUT2D eigenvalue weighted by Crippen LogP contribution is -2.15. The fourth-order valence-corrected chi connectivity index (χ4v) is 4.43. The van der Waals surface area contributed by atoms with E-state index in [9.17, 15) is 0 Å². The summed E-state index contributed by atoms with van der Waals surface area (Å²) < 4.78 is 5.14. The first-order valence-electron chi connectivity index (χ1n) is 6.43. The summed E-state index contributed by atoms with van der Waals surface area (Å²) in [5.74, 6) is 1.87. The number of thioether (sulfide) groups is 1. The molecule has 0 amide bonds. The Hall–Kier alpha value is -1.25. The Morgan fingerprint density at radius 1 is 1.38 bits per heavy atom. The van der Waals surface area contributed by atoms with Crippen LogP contribution in [-0.2, 0) is 6.42 Å². The van der Waals surface area contributed by atoms with Gasteiger partial charge in [-0.1, -0.05) is 36.8 Å². The highest BCUT2D eigenvalue weighted by atomic mass is 32.2. The first-order valence-corrected chi connectivity index (χ1v) is 9.01. The van der Waals surface area contributed by atoms with Crippen LogP contribution in [0.5, 0.6) is 0 Å². The van der Waals surface area contributed by atoms with Crippen LogP contribution in [0.3, 0.4) is 0 Å². The van der Waals surface area contributed by atoms with Gasteiger partial charge in [-0.2, -0.15) is 4.37 Å². The third kappa shape index (κ3) is 3.90. The molecule has 0 spiro atoms. The van der Waals surface area contributed by atoms with E-state index in [-0.39, 0.29) is 5.84 Å². The van der Waals surface area contributed by atoms with Crippen molar-refractivity contribution >= 4 is 40.9 Å². The molecule has 0 atom stereocenters. The third-order valence-electron chi connectivity index (χ3n) is 2.61. The molecule has 21 heavy (non-hydrogen) atoms. The van der Waals surface area contributed by atoms with Gasteiger partial charge in [-0.25, -0.2) is 4.98 Å². The van der Waals surface area contributed by atoms with Crippen molar-refractivity contribution in [2.45, 2.75) is 34.4 Å². The quantitative estimate of drug-likeness (QED) is 0.275. The third-order valence-corrected chi connectivity index (χ3v) is 5.40. The second-order valence-corrected chi connectivity index (χ2v) is 7.33. The fourth-order valence-electron chi connectivity index (χ4n) is 1.69. The standard InChI is InChI=1S/C13H16N4OS3/c1-3-10-15-13(21-17-10)20-9-7-5-6-8(19-4-2)11(9)12(14)16-18/h5-7,18H,3-4H2,1-2H3,(H2,14,16). The summed E-state index contributed by atoms with van der Waals surface area (Å²) in [6.07, 6.45) is 0.815. The molecule has 1 aromatic carbocycles. The van der Waals surface area contributed by atoms with E-state index in [0.717, 1.165) is 37.7 Å². The molecule has 0 aliphatic heterocycles. The second kappa shape index (κ2) is 7.67. The minimum Gasteiger partial charge on any atom is -0.409 e. The smallest absolute Gasteiger partial charge is 0.174 e. The molecule has 3 N–H and O–H groups in total. The van der Waals surface area contributed by atoms with E-state index in [0.29, 0.717) is 0 Å². The van der Waals surface area contributed by atoms with Crippen LogP contribution in [0.15, 0.2) is 37.5 Å². The first-order chi connectivity index (χ1) is 10.2. The number of hydrogen-bond donors (Lipinski definition) is 2. The number of hydrogen-bond acceptors (Lipinski definition) is 7. The van der Waals surface area contributed by atoms with E-state index >= 15 is 0 Å². The summed E-state index contributed by atoms with van der Waals surface area (Å²) >= 11 is 4.52. The topological polar surface area (TPSA) is 84.4 Å². The highest BCUT2D eigenvalue weighted by Crippen LogP contribution is 2.36. The number of benzene rings is 1. The van der Waals surface area contributed by atoms with Gasteiger partial charge in [0, 0.05) is 21.8 Å². The monoisotopic (exact) mass is 340 g/mol. The highest BCUT2D eigenvalue weighted by molar-refractivity contribution is 8.01. The predicted octanol–water partition coefficient (Wildman–Crippen LogP) is 3.46. The average Bonchev–Trinajstić information content (AvgIpc) is 2.95. The van der Waals surface area contributed by atoms with E-state index in [4.69, 9.17) is 10.9 Å². The summed E-state index contributed by atoms with van der Waals surface area (Å²) in [6, 6.07) is 5.89. The molecule has 112 valence electrons. The summed E-state index contributed by atoms with van der Waals surface area (Å²) in [4.78, 5) is 6.36. The van der Waals surface area contributed by atoms with Crippen molar-refractivity contribution in [3.05, 3.63) is 29.6 Å². The fraction of sp³-hybridized carbons (Fsp3) is 0.308. The van der Waals surface area contributed by atoms with Gasteiger partial charge in [0.2, 0.25) is 0 Å². The highest BCUT2D eigenvalue weighted by Gasteiger charge is 2.15. The number of amidine groups is 1. The Labute approximate surface area is 136 Å². The van der Waals surface area contributed by atoms with Crippen LogP contribution in [0.2, 0.25) is 0 Å². The van der Waals surface area contributed by atoms with Crippen molar-refractivity contribution in [3.8, 4) is 0 Å². The molecule has 2 aromatic rings. The molecule has 2 rings (SSSR count). The van der Waals surface area contributed by atoms with Gasteiger partial charge in [0.1, 0.15) is 5.82 Å². The van der Waals surface area contributed by atoms with Crippen molar-refractivity contribution in [2.24, 2.45) is 10.9 Å². The van der Waals surface area contributed by atoms with Crippen LogP contribution in [0.25, 0.3) is 0 Å². The maximum absolute atomic E-state index is 9.03. The van der Waals surface area contributed by atoms with E-state index in [1.807, 2.05) is 25.1 Å². The maximum atomic E-state index is 9.03. The average molecular weight is 340 g/mol. The van der Waals surface area contributed by atoms with E-state index in [1.54, 1.807) is 11.8 Å². The number of aryl methyl sites for hydroxylation is 1. The van der Waals surface area contributed by atoms with Crippen LogP contribution in [-0.4, -0.2) is 26.2 Å². The summed E-state index contributed by atoms with van der Waals surface area (Å²) in [5.41, 5.74) is 6.61. The van der Waals surface area contributed by atoms with Crippen LogP contribution in [0, 0.1) is 0 Å². The van der Waals surface area contributed by atoms with Gasteiger partial charge in [-0.15, -0.1) is 11.8 Å². The number of rotatable bonds is 6. The Balaban J connectivity index is 2.39. The molecule has 1 heterocycles. The molecule has 0 fully saturated rings. The van der Waals surface area contributed by atoms with Gasteiger partial charge >= 0.3 is 0 Å². The molecule has 1 aromatic heterocycles. The predicted molar refractivity (Wildman–Crippen MR) is 88.8 cm³/mol. The minimum atomic E-state index is 0.120. The first kappa shape index (κ1) is 16.1. The molecule has 5 nitrogen and oxygen atoms in total. The van der Waals surface area contributed by atoms with Crippen molar-refractivity contribution in [3.63, 3.8) is 0 Å². The minimum absolute atomic E-state index is 0.120. The molecule has 8 heteroatoms. The molecule has 0 saturated heterocycles. The second-order valence-electron chi connectivity index (χ2n) is 3.98. The summed E-state index contributed by atoms with van der Waals surface area (Å²) in [6.45, 7) is 4.09. The molecular formula is C13H16N4OS3. The van der Waals surface area contributed by atoms with Gasteiger partial charge in [0.05, 0.1) is 0 Å². The van der Waals surface area contributed by atoms with Crippen molar-refractivity contribution in [1.82, 2.24) is 9.36 Å². The molecular weight excluding hydrogens is 324 g/mol. The van der Waals surface area contributed by atoms with Crippen LogP contribution < -0.4 is 5.73 Å². The van der Waals surface area contributed by atoms with Gasteiger partial charge < -0.3 is 10.9 Å². The zero-order chi connectivity index (χ0) is 15.2. The summed E-state index contributed by atoms with van der Waals surface area (Å²) in [7, 11) is 0. The Kier molecular flexibility index (Phi) is 5.89. The van der Waals surface area contributed by atoms with Crippen molar-refractivity contribution < 1.29 is 5.21 Å². The van der Waals surface area contributed by atoms with Gasteiger partial charge in [-0.3, -0.25) is 0 Å². The van der Waals surface area contributed by atoms with Crippen LogP contribution in [0.4, 0.5) is 0 Å². The number of aromatic nitrogens is 2. The molecule has 0 saturated carbocycles.